The molecular formula is C18H19FN2O3. The number of hydrogen-bond donors (Lipinski definition) is 2. The van der Waals surface area contributed by atoms with Gasteiger partial charge in [-0.2, -0.15) is 0 Å². The van der Waals surface area contributed by atoms with Crippen LogP contribution in [0.4, 0.5) is 14.9 Å². The van der Waals surface area contributed by atoms with Gasteiger partial charge in [0.05, 0.1) is 5.56 Å². The molecule has 0 aliphatic rings. The number of halogens is 1. The fourth-order valence-electron chi connectivity index (χ4n) is 1.89. The number of carbonyl (C=O) groups is 2. The third-order valence-corrected chi connectivity index (χ3v) is 2.92. The molecule has 0 saturated carbocycles. The molecule has 0 spiro atoms. The van der Waals surface area contributed by atoms with Gasteiger partial charge in [0.15, 0.2) is 0 Å². The number of ether oxygens (including phenoxy) is 1. The van der Waals surface area contributed by atoms with Crippen molar-refractivity contribution in [1.29, 1.82) is 0 Å². The second kappa shape index (κ2) is 7.12. The van der Waals surface area contributed by atoms with Crippen molar-refractivity contribution in [3.8, 4) is 5.75 Å². The summed E-state index contributed by atoms with van der Waals surface area (Å²) in [6.45, 7) is 5.53. The van der Waals surface area contributed by atoms with Crippen molar-refractivity contribution >= 4 is 17.7 Å². The quantitative estimate of drug-likeness (QED) is 0.895. The van der Waals surface area contributed by atoms with Crippen LogP contribution >= 0.6 is 0 Å². The van der Waals surface area contributed by atoms with Crippen LogP contribution in [-0.2, 0) is 0 Å². The van der Waals surface area contributed by atoms with Crippen molar-refractivity contribution in [3.63, 3.8) is 0 Å². The van der Waals surface area contributed by atoms with E-state index in [1.54, 1.807) is 30.3 Å². The molecule has 0 unspecified atom stereocenters. The molecule has 0 atom stereocenters. The Kier molecular flexibility index (Phi) is 5.18. The molecular weight excluding hydrogens is 311 g/mol. The van der Waals surface area contributed by atoms with E-state index in [2.05, 4.69) is 10.6 Å². The van der Waals surface area contributed by atoms with Gasteiger partial charge in [-0.1, -0.05) is 12.1 Å². The lowest BCUT2D eigenvalue weighted by Gasteiger charge is -2.19. The van der Waals surface area contributed by atoms with Crippen LogP contribution in [0, 0.1) is 5.82 Å². The number of benzene rings is 2. The van der Waals surface area contributed by atoms with E-state index in [9.17, 15) is 14.0 Å². The standard InChI is InChI=1S/C18H19FN2O3/c1-18(2,3)21-17(23)24-13-10-8-12(9-11-13)20-16(22)14-6-4-5-7-15(14)19/h4-11H,1-3H3,(H,20,22)(H,21,23). The first-order valence-corrected chi connectivity index (χ1v) is 7.40. The Labute approximate surface area is 139 Å². The van der Waals surface area contributed by atoms with Gasteiger partial charge < -0.3 is 15.4 Å². The van der Waals surface area contributed by atoms with Crippen molar-refractivity contribution in [2.75, 3.05) is 5.32 Å². The molecule has 5 nitrogen and oxygen atoms in total. The Balaban J connectivity index is 1.98. The number of carbonyl (C=O) groups excluding carboxylic acids is 2. The van der Waals surface area contributed by atoms with Gasteiger partial charge in [0.25, 0.3) is 5.91 Å². The van der Waals surface area contributed by atoms with E-state index < -0.39 is 23.4 Å². The Hall–Kier alpha value is -2.89. The zero-order chi connectivity index (χ0) is 17.7. The van der Waals surface area contributed by atoms with Gasteiger partial charge >= 0.3 is 6.09 Å². The Morgan fingerprint density at radius 3 is 2.21 bits per heavy atom. The summed E-state index contributed by atoms with van der Waals surface area (Å²) in [4.78, 5) is 23.7. The van der Waals surface area contributed by atoms with Crippen molar-refractivity contribution in [2.24, 2.45) is 0 Å². The van der Waals surface area contributed by atoms with Crippen LogP contribution < -0.4 is 15.4 Å². The maximum atomic E-state index is 13.6. The van der Waals surface area contributed by atoms with Gasteiger partial charge in [-0.15, -0.1) is 0 Å². The molecule has 2 amide bonds. The lowest BCUT2D eigenvalue weighted by molar-refractivity contribution is 0.102. The van der Waals surface area contributed by atoms with E-state index in [0.717, 1.165) is 0 Å². The maximum absolute atomic E-state index is 13.6. The SMILES string of the molecule is CC(C)(C)NC(=O)Oc1ccc(NC(=O)c2ccccc2F)cc1. The molecule has 126 valence electrons. The molecule has 0 heterocycles. The first kappa shape index (κ1) is 17.5. The second-order valence-corrected chi connectivity index (χ2v) is 6.22. The molecule has 0 saturated heterocycles. The number of hydrogen-bond acceptors (Lipinski definition) is 3. The summed E-state index contributed by atoms with van der Waals surface area (Å²) < 4.78 is 18.7. The number of rotatable bonds is 3. The van der Waals surface area contributed by atoms with Crippen molar-refractivity contribution < 1.29 is 18.7 Å². The predicted molar refractivity (Wildman–Crippen MR) is 89.7 cm³/mol. The smallest absolute Gasteiger partial charge is 0.410 e. The monoisotopic (exact) mass is 330 g/mol. The van der Waals surface area contributed by atoms with Gasteiger partial charge in [0.1, 0.15) is 11.6 Å². The van der Waals surface area contributed by atoms with Crippen molar-refractivity contribution in [1.82, 2.24) is 5.32 Å². The van der Waals surface area contributed by atoms with Crippen LogP contribution in [0.2, 0.25) is 0 Å². The van der Waals surface area contributed by atoms with E-state index in [1.807, 2.05) is 20.8 Å². The Morgan fingerprint density at radius 2 is 1.62 bits per heavy atom. The predicted octanol–water partition coefficient (Wildman–Crippen LogP) is 3.96. The van der Waals surface area contributed by atoms with Crippen LogP contribution in [0.3, 0.4) is 0 Å². The van der Waals surface area contributed by atoms with E-state index in [4.69, 9.17) is 4.74 Å². The highest BCUT2D eigenvalue weighted by atomic mass is 19.1. The third kappa shape index (κ3) is 5.08. The molecule has 2 aromatic rings. The van der Waals surface area contributed by atoms with E-state index in [-0.39, 0.29) is 5.56 Å². The normalized spacial score (nSPS) is 10.8. The zero-order valence-electron chi connectivity index (χ0n) is 13.7. The number of anilines is 1. The van der Waals surface area contributed by atoms with Crippen LogP contribution in [0.1, 0.15) is 31.1 Å². The lowest BCUT2D eigenvalue weighted by atomic mass is 10.1. The minimum Gasteiger partial charge on any atom is -0.410 e. The summed E-state index contributed by atoms with van der Waals surface area (Å²) in [5.41, 5.74) is 0.0271. The molecule has 2 aromatic carbocycles. The Morgan fingerprint density at radius 1 is 1.00 bits per heavy atom. The van der Waals surface area contributed by atoms with Crippen molar-refractivity contribution in [3.05, 3.63) is 59.9 Å². The number of amides is 2. The largest absolute Gasteiger partial charge is 0.413 e. The number of nitrogens with one attached hydrogen (secondary N) is 2. The molecule has 0 fully saturated rings. The van der Waals surface area contributed by atoms with Crippen LogP contribution in [0.5, 0.6) is 5.75 Å². The van der Waals surface area contributed by atoms with Gasteiger partial charge in [-0.3, -0.25) is 4.79 Å². The second-order valence-electron chi connectivity index (χ2n) is 6.22. The highest BCUT2D eigenvalue weighted by Gasteiger charge is 2.15. The highest BCUT2D eigenvalue weighted by molar-refractivity contribution is 6.04. The average Bonchev–Trinajstić information content (AvgIpc) is 2.47. The van der Waals surface area contributed by atoms with Gasteiger partial charge in [0.2, 0.25) is 0 Å². The lowest BCUT2D eigenvalue weighted by Crippen LogP contribution is -2.42. The van der Waals surface area contributed by atoms with Gasteiger partial charge in [-0.25, -0.2) is 9.18 Å². The van der Waals surface area contributed by atoms with Gasteiger partial charge in [0, 0.05) is 11.2 Å². The minimum atomic E-state index is -0.589. The maximum Gasteiger partial charge on any atom is 0.413 e. The van der Waals surface area contributed by atoms with Crippen LogP contribution in [-0.4, -0.2) is 17.5 Å². The fraction of sp³-hybridized carbons (Fsp3) is 0.222. The highest BCUT2D eigenvalue weighted by Crippen LogP contribution is 2.17. The molecule has 2 rings (SSSR count). The molecule has 0 radical (unpaired) electrons. The summed E-state index contributed by atoms with van der Waals surface area (Å²) in [6, 6.07) is 11.9. The van der Waals surface area contributed by atoms with E-state index >= 15 is 0 Å². The first-order valence-electron chi connectivity index (χ1n) is 7.40. The molecule has 0 bridgehead atoms. The van der Waals surface area contributed by atoms with E-state index in [1.165, 1.54) is 18.2 Å². The summed E-state index contributed by atoms with van der Waals surface area (Å²) in [5, 5.41) is 5.25. The summed E-state index contributed by atoms with van der Waals surface area (Å²) >= 11 is 0. The molecule has 0 aliphatic carbocycles. The summed E-state index contributed by atoms with van der Waals surface area (Å²) in [5.74, 6) is -0.804. The summed E-state index contributed by atoms with van der Waals surface area (Å²) in [6.07, 6.45) is -0.564. The van der Waals surface area contributed by atoms with Gasteiger partial charge in [-0.05, 0) is 57.2 Å². The van der Waals surface area contributed by atoms with Crippen LogP contribution in [0.25, 0.3) is 0 Å². The molecule has 24 heavy (non-hydrogen) atoms. The zero-order valence-corrected chi connectivity index (χ0v) is 13.7. The molecule has 2 N–H and O–H groups in total. The fourth-order valence-corrected chi connectivity index (χ4v) is 1.89. The average molecular weight is 330 g/mol. The molecule has 6 heteroatoms. The Bertz CT molecular complexity index is 737. The molecule has 0 aromatic heterocycles. The first-order chi connectivity index (χ1) is 11.2. The molecule has 0 aliphatic heterocycles. The topological polar surface area (TPSA) is 67.4 Å². The minimum absolute atomic E-state index is 0.0395. The summed E-state index contributed by atoms with van der Waals surface area (Å²) in [7, 11) is 0. The van der Waals surface area contributed by atoms with Crippen molar-refractivity contribution in [2.45, 2.75) is 26.3 Å². The van der Waals surface area contributed by atoms with E-state index in [0.29, 0.717) is 11.4 Å². The third-order valence-electron chi connectivity index (χ3n) is 2.92. The van der Waals surface area contributed by atoms with Crippen LogP contribution in [0.15, 0.2) is 48.5 Å².